The lowest BCUT2D eigenvalue weighted by molar-refractivity contribution is 0.0776. The average Bonchev–Trinajstić information content (AvgIpc) is 3.02. The Kier molecular flexibility index (Phi) is 2.63. The van der Waals surface area contributed by atoms with Crippen molar-refractivity contribution < 1.29 is 4.79 Å². The van der Waals surface area contributed by atoms with E-state index in [4.69, 9.17) is 0 Å². The van der Waals surface area contributed by atoms with Gasteiger partial charge in [0.15, 0.2) is 0 Å². The summed E-state index contributed by atoms with van der Waals surface area (Å²) in [5.74, 6) is 1.36. The van der Waals surface area contributed by atoms with Crippen LogP contribution in [0.1, 0.15) is 23.1 Å². The molecule has 3 rings (SSSR count). The highest BCUT2D eigenvalue weighted by molar-refractivity contribution is 5.92. The van der Waals surface area contributed by atoms with Gasteiger partial charge in [0.25, 0.3) is 5.91 Å². The van der Waals surface area contributed by atoms with Gasteiger partial charge in [-0.2, -0.15) is 5.10 Å². The summed E-state index contributed by atoms with van der Waals surface area (Å²) in [7, 11) is 0. The summed E-state index contributed by atoms with van der Waals surface area (Å²) in [6, 6.07) is 1.87. The van der Waals surface area contributed by atoms with Gasteiger partial charge in [0.1, 0.15) is 5.69 Å². The Bertz CT molecular complexity index is 416. The minimum Gasteiger partial charge on any atom is -0.337 e. The summed E-state index contributed by atoms with van der Waals surface area (Å²) >= 11 is 0. The molecule has 0 bridgehead atoms. The standard InChI is InChI=1S/C12H18N4O/c1-2-10-3-11(15-14-10)12(17)16-6-8-4-13-5-9(8)7-16/h3,8-9,13H,2,4-7H2,1H3,(H,14,15)/t8-,9+. The van der Waals surface area contributed by atoms with E-state index in [1.54, 1.807) is 0 Å². The largest absolute Gasteiger partial charge is 0.337 e. The highest BCUT2D eigenvalue weighted by Crippen LogP contribution is 2.27. The summed E-state index contributed by atoms with van der Waals surface area (Å²) in [5.41, 5.74) is 1.59. The molecule has 0 radical (unpaired) electrons. The van der Waals surface area contributed by atoms with Gasteiger partial charge in [-0.3, -0.25) is 9.89 Å². The number of carbonyl (C=O) groups is 1. The Morgan fingerprint density at radius 2 is 2.18 bits per heavy atom. The SMILES string of the molecule is CCc1cc(C(=O)N2C[C@H]3CNC[C@H]3C2)n[nH]1. The van der Waals surface area contributed by atoms with Gasteiger partial charge in [0.2, 0.25) is 0 Å². The van der Waals surface area contributed by atoms with Gasteiger partial charge >= 0.3 is 0 Å². The zero-order valence-corrected chi connectivity index (χ0v) is 10.1. The number of H-pyrrole nitrogens is 1. The van der Waals surface area contributed by atoms with Gasteiger partial charge in [-0.05, 0) is 24.3 Å². The van der Waals surface area contributed by atoms with Crippen LogP contribution in [-0.4, -0.2) is 47.2 Å². The van der Waals surface area contributed by atoms with Crippen molar-refractivity contribution in [3.8, 4) is 0 Å². The average molecular weight is 234 g/mol. The molecule has 2 aliphatic rings. The van der Waals surface area contributed by atoms with E-state index in [0.29, 0.717) is 17.5 Å². The van der Waals surface area contributed by atoms with Gasteiger partial charge in [-0.1, -0.05) is 6.92 Å². The Morgan fingerprint density at radius 1 is 1.47 bits per heavy atom. The van der Waals surface area contributed by atoms with Crippen LogP contribution < -0.4 is 5.32 Å². The van der Waals surface area contributed by atoms with E-state index in [1.165, 1.54) is 0 Å². The van der Waals surface area contributed by atoms with Crippen molar-refractivity contribution in [2.75, 3.05) is 26.2 Å². The number of likely N-dealkylation sites (tertiary alicyclic amines) is 1. The van der Waals surface area contributed by atoms with E-state index in [-0.39, 0.29) is 5.91 Å². The van der Waals surface area contributed by atoms with Crippen LogP contribution in [0.2, 0.25) is 0 Å². The second-order valence-electron chi connectivity index (χ2n) is 5.02. The monoisotopic (exact) mass is 234 g/mol. The molecule has 0 spiro atoms. The number of hydrogen-bond donors (Lipinski definition) is 2. The molecule has 2 atom stereocenters. The van der Waals surface area contributed by atoms with E-state index >= 15 is 0 Å². The second kappa shape index (κ2) is 4.14. The third kappa shape index (κ3) is 1.84. The molecule has 1 aromatic heterocycles. The second-order valence-corrected chi connectivity index (χ2v) is 5.02. The van der Waals surface area contributed by atoms with Crippen LogP contribution in [0.15, 0.2) is 6.07 Å². The molecular weight excluding hydrogens is 216 g/mol. The van der Waals surface area contributed by atoms with Crippen LogP contribution in [-0.2, 0) is 6.42 Å². The van der Waals surface area contributed by atoms with Crippen LogP contribution in [0, 0.1) is 11.8 Å². The van der Waals surface area contributed by atoms with Crippen LogP contribution in [0.25, 0.3) is 0 Å². The minimum atomic E-state index is 0.0790. The predicted molar refractivity (Wildman–Crippen MR) is 63.7 cm³/mol. The van der Waals surface area contributed by atoms with Crippen LogP contribution in [0.4, 0.5) is 0 Å². The molecule has 0 aliphatic carbocycles. The minimum absolute atomic E-state index is 0.0790. The quantitative estimate of drug-likeness (QED) is 0.772. The first-order chi connectivity index (χ1) is 8.28. The van der Waals surface area contributed by atoms with Gasteiger partial charge in [-0.15, -0.1) is 0 Å². The summed E-state index contributed by atoms with van der Waals surface area (Å²) in [6.45, 7) is 5.91. The summed E-state index contributed by atoms with van der Waals surface area (Å²) < 4.78 is 0. The number of nitrogens with zero attached hydrogens (tertiary/aromatic N) is 2. The first kappa shape index (κ1) is 10.8. The lowest BCUT2D eigenvalue weighted by Gasteiger charge is -2.15. The molecule has 2 fully saturated rings. The van der Waals surface area contributed by atoms with Crippen molar-refractivity contribution in [3.05, 3.63) is 17.5 Å². The highest BCUT2D eigenvalue weighted by Gasteiger charge is 2.38. The Morgan fingerprint density at radius 3 is 2.76 bits per heavy atom. The van der Waals surface area contributed by atoms with E-state index in [1.807, 2.05) is 17.9 Å². The third-order valence-corrected chi connectivity index (χ3v) is 3.91. The summed E-state index contributed by atoms with van der Waals surface area (Å²) in [5, 5.41) is 10.4. The van der Waals surface area contributed by atoms with Crippen molar-refractivity contribution in [2.24, 2.45) is 11.8 Å². The van der Waals surface area contributed by atoms with E-state index < -0.39 is 0 Å². The van der Waals surface area contributed by atoms with E-state index in [2.05, 4.69) is 15.5 Å². The van der Waals surface area contributed by atoms with E-state index in [0.717, 1.165) is 38.3 Å². The van der Waals surface area contributed by atoms with E-state index in [9.17, 15) is 4.79 Å². The maximum absolute atomic E-state index is 12.2. The zero-order valence-electron chi connectivity index (χ0n) is 10.1. The fraction of sp³-hybridized carbons (Fsp3) is 0.667. The number of nitrogens with one attached hydrogen (secondary N) is 2. The number of amides is 1. The number of aryl methyl sites for hydroxylation is 1. The molecule has 0 aromatic carbocycles. The normalized spacial score (nSPS) is 27.5. The Balaban J connectivity index is 1.70. The third-order valence-electron chi connectivity index (χ3n) is 3.91. The molecule has 3 heterocycles. The van der Waals surface area contributed by atoms with Crippen LogP contribution in [0.5, 0.6) is 0 Å². The molecule has 2 saturated heterocycles. The number of aromatic nitrogens is 2. The summed E-state index contributed by atoms with van der Waals surface area (Å²) in [4.78, 5) is 14.2. The molecule has 2 N–H and O–H groups in total. The van der Waals surface area contributed by atoms with Gasteiger partial charge < -0.3 is 10.2 Å². The molecular formula is C12H18N4O. The number of fused-ring (bicyclic) bond motifs is 1. The molecule has 5 nitrogen and oxygen atoms in total. The smallest absolute Gasteiger partial charge is 0.274 e. The van der Waals surface area contributed by atoms with Crippen molar-refractivity contribution in [1.82, 2.24) is 20.4 Å². The lowest BCUT2D eigenvalue weighted by atomic mass is 10.0. The number of hydrogen-bond acceptors (Lipinski definition) is 3. The maximum atomic E-state index is 12.2. The first-order valence-electron chi connectivity index (χ1n) is 6.32. The zero-order chi connectivity index (χ0) is 11.8. The van der Waals surface area contributed by atoms with Crippen molar-refractivity contribution in [3.63, 3.8) is 0 Å². The predicted octanol–water partition coefficient (Wildman–Crippen LogP) is 0.263. The summed E-state index contributed by atoms with van der Waals surface area (Å²) in [6.07, 6.45) is 0.884. The number of aromatic amines is 1. The molecule has 1 amide bonds. The van der Waals surface area contributed by atoms with Gasteiger partial charge in [0, 0.05) is 31.9 Å². The molecule has 5 heteroatoms. The maximum Gasteiger partial charge on any atom is 0.274 e. The molecule has 17 heavy (non-hydrogen) atoms. The first-order valence-corrected chi connectivity index (χ1v) is 6.32. The molecule has 0 saturated carbocycles. The van der Waals surface area contributed by atoms with Gasteiger partial charge in [0.05, 0.1) is 0 Å². The molecule has 92 valence electrons. The van der Waals surface area contributed by atoms with Crippen molar-refractivity contribution in [1.29, 1.82) is 0 Å². The van der Waals surface area contributed by atoms with Crippen molar-refractivity contribution in [2.45, 2.75) is 13.3 Å². The van der Waals surface area contributed by atoms with Crippen LogP contribution in [0.3, 0.4) is 0 Å². The Hall–Kier alpha value is -1.36. The molecule has 1 aromatic rings. The Labute approximate surface area is 101 Å². The van der Waals surface area contributed by atoms with Gasteiger partial charge in [-0.25, -0.2) is 0 Å². The number of carbonyl (C=O) groups excluding carboxylic acids is 1. The fourth-order valence-corrected chi connectivity index (χ4v) is 2.84. The lowest BCUT2D eigenvalue weighted by Crippen LogP contribution is -2.32. The van der Waals surface area contributed by atoms with Crippen LogP contribution >= 0.6 is 0 Å². The fourth-order valence-electron chi connectivity index (χ4n) is 2.84. The highest BCUT2D eigenvalue weighted by atomic mass is 16.2. The topological polar surface area (TPSA) is 61.0 Å². The number of rotatable bonds is 2. The van der Waals surface area contributed by atoms with Crippen molar-refractivity contribution >= 4 is 5.91 Å². The molecule has 2 aliphatic heterocycles. The molecule has 0 unspecified atom stereocenters.